The fourth-order valence-corrected chi connectivity index (χ4v) is 3.12. The van der Waals surface area contributed by atoms with Crippen molar-refractivity contribution in [2.75, 3.05) is 19.5 Å². The molecule has 0 unspecified atom stereocenters. The SMILES string of the molecule is COc1cccc(-c2nc(-c3ccc(Oc4ccc(NC(C)=O)cc4)cc3)no2)c1OC. The predicted octanol–water partition coefficient (Wildman–Crippen LogP) is 5.17. The quantitative estimate of drug-likeness (QED) is 0.431. The number of para-hydroxylation sites is 1. The second kappa shape index (κ2) is 9.22. The second-order valence-corrected chi connectivity index (χ2v) is 6.80. The lowest BCUT2D eigenvalue weighted by molar-refractivity contribution is -0.114. The predicted molar refractivity (Wildman–Crippen MR) is 119 cm³/mol. The highest BCUT2D eigenvalue weighted by Crippen LogP contribution is 2.37. The van der Waals surface area contributed by atoms with E-state index in [2.05, 4.69) is 15.5 Å². The van der Waals surface area contributed by atoms with Crippen molar-refractivity contribution in [2.24, 2.45) is 0 Å². The highest BCUT2D eigenvalue weighted by Gasteiger charge is 2.18. The van der Waals surface area contributed by atoms with Crippen LogP contribution >= 0.6 is 0 Å². The van der Waals surface area contributed by atoms with E-state index >= 15 is 0 Å². The molecule has 1 amide bonds. The smallest absolute Gasteiger partial charge is 0.262 e. The molecule has 0 radical (unpaired) electrons. The number of nitrogens with one attached hydrogen (secondary N) is 1. The number of nitrogens with zero attached hydrogens (tertiary/aromatic N) is 2. The first-order chi connectivity index (χ1) is 15.6. The molecule has 3 aromatic carbocycles. The van der Waals surface area contributed by atoms with Crippen LogP contribution in [0, 0.1) is 0 Å². The Hall–Kier alpha value is -4.33. The Morgan fingerprint density at radius 3 is 2.22 bits per heavy atom. The number of methoxy groups -OCH3 is 2. The third kappa shape index (κ3) is 4.54. The third-order valence-electron chi connectivity index (χ3n) is 4.58. The van der Waals surface area contributed by atoms with Crippen LogP contribution in [-0.2, 0) is 4.79 Å². The van der Waals surface area contributed by atoms with Gasteiger partial charge in [0.05, 0.1) is 19.8 Å². The molecular formula is C24H21N3O5. The van der Waals surface area contributed by atoms with Crippen molar-refractivity contribution < 1.29 is 23.5 Å². The van der Waals surface area contributed by atoms with Crippen molar-refractivity contribution in [1.29, 1.82) is 0 Å². The van der Waals surface area contributed by atoms with E-state index < -0.39 is 0 Å². The van der Waals surface area contributed by atoms with Gasteiger partial charge in [0.1, 0.15) is 11.5 Å². The van der Waals surface area contributed by atoms with Crippen LogP contribution in [0.4, 0.5) is 5.69 Å². The van der Waals surface area contributed by atoms with Crippen LogP contribution < -0.4 is 19.5 Å². The van der Waals surface area contributed by atoms with Crippen LogP contribution in [-0.4, -0.2) is 30.3 Å². The molecule has 8 heteroatoms. The van der Waals surface area contributed by atoms with Crippen molar-refractivity contribution >= 4 is 11.6 Å². The molecule has 32 heavy (non-hydrogen) atoms. The summed E-state index contributed by atoms with van der Waals surface area (Å²) >= 11 is 0. The molecule has 0 atom stereocenters. The molecule has 0 aliphatic rings. The molecule has 0 aliphatic carbocycles. The molecule has 0 bridgehead atoms. The first-order valence-electron chi connectivity index (χ1n) is 9.78. The van der Waals surface area contributed by atoms with Crippen molar-refractivity contribution in [3.63, 3.8) is 0 Å². The van der Waals surface area contributed by atoms with E-state index in [1.807, 2.05) is 36.4 Å². The molecule has 8 nitrogen and oxygen atoms in total. The van der Waals surface area contributed by atoms with E-state index in [0.29, 0.717) is 46.0 Å². The van der Waals surface area contributed by atoms with Gasteiger partial charge in [-0.2, -0.15) is 4.98 Å². The third-order valence-corrected chi connectivity index (χ3v) is 4.58. The molecule has 162 valence electrons. The van der Waals surface area contributed by atoms with Gasteiger partial charge in [-0.25, -0.2) is 0 Å². The van der Waals surface area contributed by atoms with Gasteiger partial charge in [-0.3, -0.25) is 4.79 Å². The number of aromatic nitrogens is 2. The number of hydrogen-bond donors (Lipinski definition) is 1. The Bertz CT molecular complexity index is 1220. The average Bonchev–Trinajstić information content (AvgIpc) is 3.30. The molecule has 1 aromatic heterocycles. The van der Waals surface area contributed by atoms with Gasteiger partial charge < -0.3 is 24.1 Å². The number of amides is 1. The van der Waals surface area contributed by atoms with E-state index in [9.17, 15) is 4.79 Å². The van der Waals surface area contributed by atoms with E-state index in [4.69, 9.17) is 18.7 Å². The molecule has 0 saturated carbocycles. The summed E-state index contributed by atoms with van der Waals surface area (Å²) in [5.74, 6) is 3.06. The monoisotopic (exact) mass is 431 g/mol. The molecule has 0 fully saturated rings. The Labute approximate surface area is 184 Å². The fraction of sp³-hybridized carbons (Fsp3) is 0.125. The summed E-state index contributed by atoms with van der Waals surface area (Å²) in [6.07, 6.45) is 0. The minimum atomic E-state index is -0.122. The summed E-state index contributed by atoms with van der Waals surface area (Å²) in [7, 11) is 3.13. The molecule has 0 spiro atoms. The number of anilines is 1. The van der Waals surface area contributed by atoms with E-state index in [0.717, 1.165) is 5.56 Å². The Morgan fingerprint density at radius 1 is 0.906 bits per heavy atom. The standard InChI is InChI=1S/C24H21N3O5/c1-15(28)25-17-9-13-19(14-10-17)31-18-11-7-16(8-12-18)23-26-24(32-27-23)20-5-4-6-21(29-2)22(20)30-3/h4-14H,1-3H3,(H,25,28). The van der Waals surface area contributed by atoms with Gasteiger partial charge in [-0.05, 0) is 60.7 Å². The molecule has 0 aliphatic heterocycles. The van der Waals surface area contributed by atoms with Gasteiger partial charge in [0.2, 0.25) is 11.7 Å². The summed E-state index contributed by atoms with van der Waals surface area (Å²) in [5, 5.41) is 6.80. The normalized spacial score (nSPS) is 10.5. The molecule has 1 N–H and O–H groups in total. The highest BCUT2D eigenvalue weighted by atomic mass is 16.5. The lowest BCUT2D eigenvalue weighted by Gasteiger charge is -2.09. The van der Waals surface area contributed by atoms with E-state index in [1.54, 1.807) is 44.6 Å². The fourth-order valence-electron chi connectivity index (χ4n) is 3.12. The van der Waals surface area contributed by atoms with E-state index in [1.165, 1.54) is 6.92 Å². The maximum atomic E-state index is 11.1. The van der Waals surface area contributed by atoms with Gasteiger partial charge in [0.15, 0.2) is 11.5 Å². The zero-order valence-corrected chi connectivity index (χ0v) is 17.8. The van der Waals surface area contributed by atoms with Crippen molar-refractivity contribution in [1.82, 2.24) is 10.1 Å². The molecule has 1 heterocycles. The second-order valence-electron chi connectivity index (χ2n) is 6.80. The largest absolute Gasteiger partial charge is 0.493 e. The highest BCUT2D eigenvalue weighted by molar-refractivity contribution is 5.88. The zero-order valence-electron chi connectivity index (χ0n) is 17.8. The van der Waals surface area contributed by atoms with Gasteiger partial charge in [0.25, 0.3) is 5.89 Å². The van der Waals surface area contributed by atoms with Gasteiger partial charge in [-0.1, -0.05) is 11.2 Å². The molecular weight excluding hydrogens is 410 g/mol. The summed E-state index contributed by atoms with van der Waals surface area (Å²) < 4.78 is 22.1. The number of benzene rings is 3. The van der Waals surface area contributed by atoms with Crippen molar-refractivity contribution in [2.45, 2.75) is 6.92 Å². The number of hydrogen-bond acceptors (Lipinski definition) is 7. The minimum absolute atomic E-state index is 0.122. The first-order valence-corrected chi connectivity index (χ1v) is 9.78. The number of carbonyl (C=O) groups excluding carboxylic acids is 1. The van der Waals surface area contributed by atoms with Crippen molar-refractivity contribution in [3.05, 3.63) is 66.7 Å². The Morgan fingerprint density at radius 2 is 1.59 bits per heavy atom. The minimum Gasteiger partial charge on any atom is -0.493 e. The van der Waals surface area contributed by atoms with Gasteiger partial charge in [0, 0.05) is 18.2 Å². The topological polar surface area (TPSA) is 95.7 Å². The van der Waals surface area contributed by atoms with Crippen molar-refractivity contribution in [3.8, 4) is 45.8 Å². The lowest BCUT2D eigenvalue weighted by atomic mass is 10.1. The zero-order chi connectivity index (χ0) is 22.5. The van der Waals surface area contributed by atoms with Crippen LogP contribution in [0.1, 0.15) is 6.92 Å². The van der Waals surface area contributed by atoms with Gasteiger partial charge in [-0.15, -0.1) is 0 Å². The number of ether oxygens (including phenoxy) is 3. The summed E-state index contributed by atoms with van der Waals surface area (Å²) in [6.45, 7) is 1.46. The van der Waals surface area contributed by atoms with Crippen LogP contribution in [0.2, 0.25) is 0 Å². The first kappa shape index (κ1) is 20.9. The van der Waals surface area contributed by atoms with Crippen LogP contribution in [0.3, 0.4) is 0 Å². The van der Waals surface area contributed by atoms with Crippen LogP contribution in [0.5, 0.6) is 23.0 Å². The number of rotatable bonds is 7. The summed E-state index contributed by atoms with van der Waals surface area (Å²) in [5.41, 5.74) is 2.13. The van der Waals surface area contributed by atoms with Crippen LogP contribution in [0.25, 0.3) is 22.8 Å². The Kier molecular flexibility index (Phi) is 6.03. The maximum absolute atomic E-state index is 11.1. The Balaban J connectivity index is 1.50. The van der Waals surface area contributed by atoms with Crippen LogP contribution in [0.15, 0.2) is 71.3 Å². The number of carbonyl (C=O) groups is 1. The van der Waals surface area contributed by atoms with E-state index in [-0.39, 0.29) is 5.91 Å². The maximum Gasteiger partial charge on any atom is 0.262 e. The average molecular weight is 431 g/mol. The molecule has 4 aromatic rings. The molecule has 0 saturated heterocycles. The van der Waals surface area contributed by atoms with Gasteiger partial charge >= 0.3 is 0 Å². The summed E-state index contributed by atoms with van der Waals surface area (Å²) in [4.78, 5) is 15.6. The lowest BCUT2D eigenvalue weighted by Crippen LogP contribution is -2.05. The molecule has 4 rings (SSSR count). The summed E-state index contributed by atoms with van der Waals surface area (Å²) in [6, 6.07) is 19.9.